The number of fused-ring (bicyclic) bond motifs is 1. The number of anilines is 1. The largest absolute Gasteiger partial charge is 0.478 e. The Kier molecular flexibility index (Phi) is 2.32. The molecule has 0 fully saturated rings. The van der Waals surface area contributed by atoms with Gasteiger partial charge in [-0.15, -0.1) is 0 Å². The van der Waals surface area contributed by atoms with Gasteiger partial charge in [-0.25, -0.2) is 4.79 Å². The molecule has 0 amide bonds. The molecule has 82 valence electrons. The summed E-state index contributed by atoms with van der Waals surface area (Å²) in [5, 5.41) is 9.59. The number of rotatable bonds is 1. The van der Waals surface area contributed by atoms with E-state index < -0.39 is 11.5 Å². The van der Waals surface area contributed by atoms with Crippen molar-refractivity contribution in [2.45, 2.75) is 0 Å². The first-order chi connectivity index (χ1) is 7.52. The lowest BCUT2D eigenvalue weighted by Crippen LogP contribution is -2.17. The molecule has 0 aliphatic carbocycles. The predicted octanol–water partition coefficient (Wildman–Crippen LogP) is 1.46. The third-order valence-corrected chi connectivity index (χ3v) is 2.56. The summed E-state index contributed by atoms with van der Waals surface area (Å²) in [6.45, 7) is 0. The third kappa shape index (κ3) is 1.42. The Morgan fingerprint density at radius 1 is 1.44 bits per heavy atom. The van der Waals surface area contributed by atoms with Crippen LogP contribution < -0.4 is 11.3 Å². The lowest BCUT2D eigenvalue weighted by atomic mass is 10.1. The van der Waals surface area contributed by atoms with Crippen molar-refractivity contribution in [1.82, 2.24) is 4.98 Å². The van der Waals surface area contributed by atoms with Gasteiger partial charge in [-0.3, -0.25) is 4.79 Å². The standard InChI is InChI=1S/C10H7ClN2O3/c11-5-3-1-2-4-6(10(15)16)7(12)9(14)13-8(4)5/h1-3H,12H2,(H,13,14)(H,15,16). The molecule has 0 aliphatic rings. The second kappa shape index (κ2) is 3.53. The second-order valence-corrected chi connectivity index (χ2v) is 3.62. The Morgan fingerprint density at radius 3 is 2.75 bits per heavy atom. The van der Waals surface area contributed by atoms with Crippen LogP contribution in [0.5, 0.6) is 0 Å². The first kappa shape index (κ1) is 10.5. The summed E-state index contributed by atoms with van der Waals surface area (Å²) in [7, 11) is 0. The molecule has 2 rings (SSSR count). The zero-order valence-corrected chi connectivity index (χ0v) is 8.71. The van der Waals surface area contributed by atoms with Gasteiger partial charge in [-0.05, 0) is 6.07 Å². The van der Waals surface area contributed by atoms with Crippen LogP contribution in [0.4, 0.5) is 5.69 Å². The van der Waals surface area contributed by atoms with E-state index in [9.17, 15) is 9.59 Å². The van der Waals surface area contributed by atoms with Crippen LogP contribution in [0.1, 0.15) is 10.4 Å². The Bertz CT molecular complexity index is 648. The summed E-state index contributed by atoms with van der Waals surface area (Å²) in [5.41, 5.74) is 4.52. The predicted molar refractivity (Wildman–Crippen MR) is 61.0 cm³/mol. The van der Waals surface area contributed by atoms with Gasteiger partial charge in [0.2, 0.25) is 0 Å². The molecule has 16 heavy (non-hydrogen) atoms. The molecule has 1 aromatic carbocycles. The topological polar surface area (TPSA) is 96.2 Å². The fourth-order valence-corrected chi connectivity index (χ4v) is 1.75. The SMILES string of the molecule is Nc1c(C(=O)O)c2cccc(Cl)c2[nH]c1=O. The minimum Gasteiger partial charge on any atom is -0.478 e. The molecule has 0 unspecified atom stereocenters. The number of H-pyrrole nitrogens is 1. The van der Waals surface area contributed by atoms with Crippen LogP contribution in [0.15, 0.2) is 23.0 Å². The maximum Gasteiger partial charge on any atom is 0.338 e. The maximum atomic E-state index is 11.4. The van der Waals surface area contributed by atoms with Gasteiger partial charge in [-0.2, -0.15) is 0 Å². The van der Waals surface area contributed by atoms with Crippen molar-refractivity contribution in [3.63, 3.8) is 0 Å². The number of nitrogens with one attached hydrogen (secondary N) is 1. The van der Waals surface area contributed by atoms with Gasteiger partial charge in [0.1, 0.15) is 5.69 Å². The highest BCUT2D eigenvalue weighted by atomic mass is 35.5. The van der Waals surface area contributed by atoms with Crippen LogP contribution in [-0.2, 0) is 0 Å². The van der Waals surface area contributed by atoms with Crippen molar-refractivity contribution in [2.75, 3.05) is 5.73 Å². The van der Waals surface area contributed by atoms with Crippen molar-refractivity contribution >= 4 is 34.2 Å². The monoisotopic (exact) mass is 238 g/mol. The molecule has 4 N–H and O–H groups in total. The first-order valence-electron chi connectivity index (χ1n) is 4.35. The molecule has 0 saturated carbocycles. The van der Waals surface area contributed by atoms with Crippen molar-refractivity contribution < 1.29 is 9.90 Å². The van der Waals surface area contributed by atoms with Crippen molar-refractivity contribution in [1.29, 1.82) is 0 Å². The fraction of sp³-hybridized carbons (Fsp3) is 0. The van der Waals surface area contributed by atoms with Gasteiger partial charge < -0.3 is 15.8 Å². The number of aromatic carboxylic acids is 1. The molecular weight excluding hydrogens is 232 g/mol. The molecule has 0 atom stereocenters. The fourth-order valence-electron chi connectivity index (χ4n) is 1.53. The van der Waals surface area contributed by atoms with Crippen LogP contribution in [0.2, 0.25) is 5.02 Å². The van der Waals surface area contributed by atoms with Crippen LogP contribution in [-0.4, -0.2) is 16.1 Å². The van der Waals surface area contributed by atoms with E-state index in [2.05, 4.69) is 4.98 Å². The van der Waals surface area contributed by atoms with E-state index in [0.717, 1.165) is 0 Å². The number of para-hydroxylation sites is 1. The first-order valence-corrected chi connectivity index (χ1v) is 4.73. The van der Waals surface area contributed by atoms with E-state index in [-0.39, 0.29) is 21.8 Å². The molecule has 2 aromatic rings. The molecule has 6 heteroatoms. The Balaban J connectivity index is 3.07. The van der Waals surface area contributed by atoms with E-state index in [1.807, 2.05) is 0 Å². The molecule has 0 saturated heterocycles. The maximum absolute atomic E-state index is 11.4. The Hall–Kier alpha value is -2.01. The van der Waals surface area contributed by atoms with E-state index in [0.29, 0.717) is 5.39 Å². The minimum absolute atomic E-state index is 0.221. The van der Waals surface area contributed by atoms with Gasteiger partial charge in [-0.1, -0.05) is 23.7 Å². The van der Waals surface area contributed by atoms with Crippen molar-refractivity contribution in [3.05, 3.63) is 39.1 Å². The summed E-state index contributed by atoms with van der Waals surface area (Å²) in [6, 6.07) is 4.69. The van der Waals surface area contributed by atoms with Gasteiger partial charge in [0, 0.05) is 5.39 Å². The average Bonchev–Trinajstić information content (AvgIpc) is 2.21. The quantitative estimate of drug-likeness (QED) is 0.701. The lowest BCUT2D eigenvalue weighted by Gasteiger charge is -2.06. The number of hydrogen-bond acceptors (Lipinski definition) is 3. The van der Waals surface area contributed by atoms with Crippen molar-refractivity contribution in [3.8, 4) is 0 Å². The summed E-state index contributed by atoms with van der Waals surface area (Å²) >= 11 is 5.85. The highest BCUT2D eigenvalue weighted by molar-refractivity contribution is 6.35. The number of aromatic nitrogens is 1. The number of pyridine rings is 1. The number of carboxylic acid groups (broad SMARTS) is 1. The van der Waals surface area contributed by atoms with E-state index >= 15 is 0 Å². The summed E-state index contributed by atoms with van der Waals surface area (Å²) in [4.78, 5) is 24.9. The Labute approximate surface area is 94.5 Å². The minimum atomic E-state index is -1.25. The molecule has 1 heterocycles. The zero-order chi connectivity index (χ0) is 11.9. The van der Waals surface area contributed by atoms with E-state index in [1.54, 1.807) is 12.1 Å². The molecule has 5 nitrogen and oxygen atoms in total. The number of halogens is 1. The van der Waals surface area contributed by atoms with Gasteiger partial charge in [0.25, 0.3) is 5.56 Å². The van der Waals surface area contributed by atoms with Gasteiger partial charge in [0.05, 0.1) is 16.1 Å². The molecular formula is C10H7ClN2O3. The van der Waals surface area contributed by atoms with E-state index in [4.69, 9.17) is 22.4 Å². The van der Waals surface area contributed by atoms with Gasteiger partial charge >= 0.3 is 5.97 Å². The molecule has 0 aliphatic heterocycles. The highest BCUT2D eigenvalue weighted by Crippen LogP contribution is 2.25. The van der Waals surface area contributed by atoms with Crippen LogP contribution >= 0.6 is 11.6 Å². The van der Waals surface area contributed by atoms with Crippen LogP contribution in [0.3, 0.4) is 0 Å². The summed E-state index contributed by atoms with van der Waals surface area (Å²) < 4.78 is 0. The highest BCUT2D eigenvalue weighted by Gasteiger charge is 2.17. The normalized spacial score (nSPS) is 10.6. The van der Waals surface area contributed by atoms with E-state index in [1.165, 1.54) is 6.07 Å². The number of nitrogen functional groups attached to an aromatic ring is 1. The zero-order valence-electron chi connectivity index (χ0n) is 7.95. The second-order valence-electron chi connectivity index (χ2n) is 3.21. The molecule has 1 aromatic heterocycles. The Morgan fingerprint density at radius 2 is 2.12 bits per heavy atom. The summed E-state index contributed by atoms with van der Waals surface area (Å²) in [6.07, 6.45) is 0. The number of benzene rings is 1. The van der Waals surface area contributed by atoms with Crippen LogP contribution in [0, 0.1) is 0 Å². The third-order valence-electron chi connectivity index (χ3n) is 2.25. The smallest absolute Gasteiger partial charge is 0.338 e. The number of carbonyl (C=O) groups is 1. The van der Waals surface area contributed by atoms with Crippen molar-refractivity contribution in [2.24, 2.45) is 0 Å². The number of hydrogen-bond donors (Lipinski definition) is 3. The summed E-state index contributed by atoms with van der Waals surface area (Å²) in [5.74, 6) is -1.25. The molecule has 0 bridgehead atoms. The average molecular weight is 239 g/mol. The number of nitrogens with two attached hydrogens (primary N) is 1. The van der Waals surface area contributed by atoms with Gasteiger partial charge in [0.15, 0.2) is 0 Å². The lowest BCUT2D eigenvalue weighted by molar-refractivity contribution is 0.0700. The number of carboxylic acids is 1. The van der Waals surface area contributed by atoms with Crippen LogP contribution in [0.25, 0.3) is 10.9 Å². The molecule has 0 radical (unpaired) electrons. The number of aromatic amines is 1. The molecule has 0 spiro atoms.